The number of anilines is 1. The van der Waals surface area contributed by atoms with Gasteiger partial charge in [-0.25, -0.2) is 4.79 Å². The van der Waals surface area contributed by atoms with E-state index in [1.54, 1.807) is 17.0 Å². The predicted octanol–water partition coefficient (Wildman–Crippen LogP) is 2.89. The lowest BCUT2D eigenvalue weighted by molar-refractivity contribution is -0.117. The number of rotatable bonds is 2. The zero-order valence-corrected chi connectivity index (χ0v) is 14.1. The number of benzene rings is 1. The Morgan fingerprint density at radius 2 is 2.00 bits per heavy atom. The van der Waals surface area contributed by atoms with Crippen molar-refractivity contribution >= 4 is 29.2 Å². The molecule has 0 aliphatic carbocycles. The minimum atomic E-state index is -0.136. The SMILES string of the molecule is C[C@@H]1CCCN(C(=O)N[C@@H]2CC(=O)N(c3ccc(Cl)cc3)C2)C1. The summed E-state index contributed by atoms with van der Waals surface area (Å²) in [6.45, 7) is 4.28. The van der Waals surface area contributed by atoms with Gasteiger partial charge >= 0.3 is 6.03 Å². The number of halogens is 1. The fourth-order valence-corrected chi connectivity index (χ4v) is 3.44. The Morgan fingerprint density at radius 1 is 1.26 bits per heavy atom. The van der Waals surface area contributed by atoms with E-state index in [1.807, 2.05) is 17.0 Å². The van der Waals surface area contributed by atoms with Gasteiger partial charge in [-0.05, 0) is 43.0 Å². The maximum absolute atomic E-state index is 12.4. The first kappa shape index (κ1) is 16.1. The summed E-state index contributed by atoms with van der Waals surface area (Å²) in [5.41, 5.74) is 0.822. The minimum Gasteiger partial charge on any atom is -0.333 e. The fraction of sp³-hybridized carbons (Fsp3) is 0.529. The molecule has 6 heteroatoms. The van der Waals surface area contributed by atoms with E-state index >= 15 is 0 Å². The van der Waals surface area contributed by atoms with E-state index in [9.17, 15) is 9.59 Å². The number of nitrogens with one attached hydrogen (secondary N) is 1. The summed E-state index contributed by atoms with van der Waals surface area (Å²) < 4.78 is 0. The van der Waals surface area contributed by atoms with Crippen molar-refractivity contribution in [1.29, 1.82) is 0 Å². The van der Waals surface area contributed by atoms with E-state index in [-0.39, 0.29) is 18.0 Å². The lowest BCUT2D eigenvalue weighted by atomic mass is 10.0. The number of piperidine rings is 1. The number of urea groups is 1. The molecule has 3 amide bonds. The van der Waals surface area contributed by atoms with Crippen molar-refractivity contribution in [2.24, 2.45) is 5.92 Å². The zero-order chi connectivity index (χ0) is 16.4. The third-order valence-corrected chi connectivity index (χ3v) is 4.79. The minimum absolute atomic E-state index is 0.0321. The average molecular weight is 336 g/mol. The van der Waals surface area contributed by atoms with Crippen LogP contribution >= 0.6 is 11.6 Å². The van der Waals surface area contributed by atoms with Gasteiger partial charge < -0.3 is 15.1 Å². The second-order valence-corrected chi connectivity index (χ2v) is 6.96. The van der Waals surface area contributed by atoms with Crippen LogP contribution in [0.1, 0.15) is 26.2 Å². The Hall–Kier alpha value is -1.75. The summed E-state index contributed by atoms with van der Waals surface area (Å²) in [4.78, 5) is 28.1. The second kappa shape index (κ2) is 6.79. The van der Waals surface area contributed by atoms with Gasteiger partial charge in [-0.2, -0.15) is 0 Å². The summed E-state index contributed by atoms with van der Waals surface area (Å²) in [6, 6.07) is 7.01. The molecule has 2 fully saturated rings. The molecule has 2 aliphatic heterocycles. The van der Waals surface area contributed by atoms with Gasteiger partial charge in [0.2, 0.25) is 5.91 Å². The molecule has 0 bridgehead atoms. The van der Waals surface area contributed by atoms with Gasteiger partial charge in [0.05, 0.1) is 6.04 Å². The Labute approximate surface area is 141 Å². The molecule has 1 aromatic rings. The van der Waals surface area contributed by atoms with E-state index in [0.717, 1.165) is 25.2 Å². The monoisotopic (exact) mass is 335 g/mol. The molecule has 0 unspecified atom stereocenters. The molecule has 0 spiro atoms. The predicted molar refractivity (Wildman–Crippen MR) is 90.7 cm³/mol. The van der Waals surface area contributed by atoms with Gasteiger partial charge in [-0.1, -0.05) is 18.5 Å². The van der Waals surface area contributed by atoms with Gasteiger partial charge in [0, 0.05) is 36.8 Å². The van der Waals surface area contributed by atoms with Crippen LogP contribution in [0, 0.1) is 5.92 Å². The van der Waals surface area contributed by atoms with Crippen LogP contribution in [0.4, 0.5) is 10.5 Å². The smallest absolute Gasteiger partial charge is 0.317 e. The number of amides is 3. The van der Waals surface area contributed by atoms with Crippen LogP contribution < -0.4 is 10.2 Å². The molecule has 2 heterocycles. The van der Waals surface area contributed by atoms with Crippen LogP contribution in [0.2, 0.25) is 5.02 Å². The maximum Gasteiger partial charge on any atom is 0.317 e. The highest BCUT2D eigenvalue weighted by Gasteiger charge is 2.33. The number of hydrogen-bond acceptors (Lipinski definition) is 2. The van der Waals surface area contributed by atoms with E-state index in [1.165, 1.54) is 6.42 Å². The van der Waals surface area contributed by atoms with E-state index in [0.29, 0.717) is 23.9 Å². The third-order valence-electron chi connectivity index (χ3n) is 4.54. The molecule has 23 heavy (non-hydrogen) atoms. The first-order valence-electron chi connectivity index (χ1n) is 8.14. The second-order valence-electron chi connectivity index (χ2n) is 6.52. The summed E-state index contributed by atoms with van der Waals surface area (Å²) in [5, 5.41) is 3.65. The van der Waals surface area contributed by atoms with Crippen molar-refractivity contribution in [2.75, 3.05) is 24.5 Å². The third kappa shape index (κ3) is 3.78. The van der Waals surface area contributed by atoms with Crippen LogP contribution in [0.3, 0.4) is 0 Å². The molecule has 0 radical (unpaired) electrons. The first-order valence-corrected chi connectivity index (χ1v) is 8.52. The first-order chi connectivity index (χ1) is 11.0. The number of hydrogen-bond donors (Lipinski definition) is 1. The number of likely N-dealkylation sites (tertiary alicyclic amines) is 1. The van der Waals surface area contributed by atoms with Crippen molar-refractivity contribution < 1.29 is 9.59 Å². The van der Waals surface area contributed by atoms with Crippen LogP contribution in [0.15, 0.2) is 24.3 Å². The lowest BCUT2D eigenvalue weighted by Crippen LogP contribution is -2.49. The van der Waals surface area contributed by atoms with Crippen molar-refractivity contribution in [2.45, 2.75) is 32.2 Å². The maximum atomic E-state index is 12.4. The largest absolute Gasteiger partial charge is 0.333 e. The van der Waals surface area contributed by atoms with E-state index in [2.05, 4.69) is 12.2 Å². The molecule has 2 atom stereocenters. The fourth-order valence-electron chi connectivity index (χ4n) is 3.31. The molecular weight excluding hydrogens is 314 g/mol. The van der Waals surface area contributed by atoms with Crippen LogP contribution in [0.5, 0.6) is 0 Å². The Balaban J connectivity index is 1.59. The van der Waals surface area contributed by atoms with Crippen molar-refractivity contribution in [3.05, 3.63) is 29.3 Å². The highest BCUT2D eigenvalue weighted by Crippen LogP contribution is 2.23. The summed E-state index contributed by atoms with van der Waals surface area (Å²) in [6.07, 6.45) is 2.57. The van der Waals surface area contributed by atoms with Gasteiger partial charge in [0.15, 0.2) is 0 Å². The lowest BCUT2D eigenvalue weighted by Gasteiger charge is -2.31. The van der Waals surface area contributed by atoms with E-state index < -0.39 is 0 Å². The Bertz CT molecular complexity index is 590. The molecule has 124 valence electrons. The quantitative estimate of drug-likeness (QED) is 0.903. The van der Waals surface area contributed by atoms with Crippen molar-refractivity contribution in [3.63, 3.8) is 0 Å². The van der Waals surface area contributed by atoms with Gasteiger partial charge in [0.25, 0.3) is 0 Å². The molecule has 1 aromatic carbocycles. The zero-order valence-electron chi connectivity index (χ0n) is 13.3. The van der Waals surface area contributed by atoms with Crippen LogP contribution in [-0.4, -0.2) is 42.5 Å². The summed E-state index contributed by atoms with van der Waals surface area (Å²) >= 11 is 5.88. The Kier molecular flexibility index (Phi) is 4.76. The molecule has 2 saturated heterocycles. The molecule has 2 aliphatic rings. The molecule has 0 aromatic heterocycles. The summed E-state index contributed by atoms with van der Waals surface area (Å²) in [7, 11) is 0. The molecule has 0 saturated carbocycles. The van der Waals surface area contributed by atoms with Crippen molar-refractivity contribution in [3.8, 4) is 0 Å². The molecule has 3 rings (SSSR count). The number of nitrogens with zero attached hydrogens (tertiary/aromatic N) is 2. The average Bonchev–Trinajstić information content (AvgIpc) is 2.88. The highest BCUT2D eigenvalue weighted by molar-refractivity contribution is 6.30. The topological polar surface area (TPSA) is 52.7 Å². The molecule has 1 N–H and O–H groups in total. The van der Waals surface area contributed by atoms with Gasteiger partial charge in [-0.15, -0.1) is 0 Å². The highest BCUT2D eigenvalue weighted by atomic mass is 35.5. The molecule has 5 nitrogen and oxygen atoms in total. The van der Waals surface area contributed by atoms with Gasteiger partial charge in [-0.3, -0.25) is 4.79 Å². The number of carbonyl (C=O) groups excluding carboxylic acids is 2. The Morgan fingerprint density at radius 3 is 2.70 bits per heavy atom. The van der Waals surface area contributed by atoms with Crippen LogP contribution in [0.25, 0.3) is 0 Å². The van der Waals surface area contributed by atoms with E-state index in [4.69, 9.17) is 11.6 Å². The number of carbonyl (C=O) groups is 2. The van der Waals surface area contributed by atoms with Crippen molar-refractivity contribution in [1.82, 2.24) is 10.2 Å². The van der Waals surface area contributed by atoms with Crippen LogP contribution in [-0.2, 0) is 4.79 Å². The summed E-state index contributed by atoms with van der Waals surface area (Å²) in [5.74, 6) is 0.579. The molecular formula is C17H22ClN3O2. The normalized spacial score (nSPS) is 24.9. The standard InChI is InChI=1S/C17H22ClN3O2/c1-12-3-2-8-20(10-12)17(23)19-14-9-16(22)21(11-14)15-6-4-13(18)5-7-15/h4-7,12,14H,2-3,8-11H2,1H3,(H,19,23)/t12-,14-/m1/s1. The van der Waals surface area contributed by atoms with Gasteiger partial charge in [0.1, 0.15) is 0 Å².